The van der Waals surface area contributed by atoms with Gasteiger partial charge in [-0.2, -0.15) is 0 Å². The Labute approximate surface area is 104 Å². The van der Waals surface area contributed by atoms with Crippen LogP contribution in [0.25, 0.3) is 11.1 Å². The fraction of sp³-hybridized carbons (Fsp3) is 0.417. The summed E-state index contributed by atoms with van der Waals surface area (Å²) in [6, 6.07) is 7.61. The number of aromatic nitrogens is 1. The average Bonchev–Trinajstić information content (AvgIpc) is 2.76. The molecule has 2 rings (SSSR count). The number of ether oxygens (including phenoxy) is 1. The van der Waals surface area contributed by atoms with Gasteiger partial charge in [0.05, 0.1) is 12.7 Å². The highest BCUT2D eigenvalue weighted by Crippen LogP contribution is 2.23. The number of hydrogen-bond acceptors (Lipinski definition) is 5. The van der Waals surface area contributed by atoms with E-state index >= 15 is 0 Å². The van der Waals surface area contributed by atoms with Crippen LogP contribution in [0.5, 0.6) is 0 Å². The second kappa shape index (κ2) is 6.05. The van der Waals surface area contributed by atoms with E-state index in [0.717, 1.165) is 11.1 Å². The van der Waals surface area contributed by atoms with Gasteiger partial charge in [-0.1, -0.05) is 23.9 Å². The largest absolute Gasteiger partial charge is 0.431 e. The number of benzene rings is 1. The minimum absolute atomic E-state index is 0.351. The van der Waals surface area contributed by atoms with Crippen LogP contribution in [0.4, 0.5) is 0 Å². The first kappa shape index (κ1) is 12.4. The molecule has 1 atom stereocenters. The number of thioether (sulfide) groups is 1. The van der Waals surface area contributed by atoms with E-state index in [1.165, 1.54) is 11.8 Å². The number of fused-ring (bicyclic) bond motifs is 1. The standard InChI is InChI=1S/C12H15NO3S/c1-2-15-7-9(14)8-17-12-13-10-5-3-4-6-11(10)16-12/h3-6,9,14H,2,7-8H2,1H3/t9-/m0/s1. The molecule has 1 aromatic heterocycles. The lowest BCUT2D eigenvalue weighted by atomic mass is 10.3. The summed E-state index contributed by atoms with van der Waals surface area (Å²) in [5.41, 5.74) is 1.61. The molecule has 1 aromatic carbocycles. The molecule has 0 saturated carbocycles. The van der Waals surface area contributed by atoms with Crippen LogP contribution in [0, 0.1) is 0 Å². The highest BCUT2D eigenvalue weighted by atomic mass is 32.2. The summed E-state index contributed by atoms with van der Waals surface area (Å²) < 4.78 is 10.7. The number of nitrogens with zero attached hydrogens (tertiary/aromatic N) is 1. The Hall–Kier alpha value is -1.04. The van der Waals surface area contributed by atoms with Gasteiger partial charge < -0.3 is 14.3 Å². The number of para-hydroxylation sites is 2. The molecule has 0 unspecified atom stereocenters. The highest BCUT2D eigenvalue weighted by molar-refractivity contribution is 7.99. The van der Waals surface area contributed by atoms with Gasteiger partial charge in [-0.25, -0.2) is 4.98 Å². The summed E-state index contributed by atoms with van der Waals surface area (Å²) in [5.74, 6) is 0.521. The van der Waals surface area contributed by atoms with Gasteiger partial charge in [-0.15, -0.1) is 0 Å². The summed E-state index contributed by atoms with van der Waals surface area (Å²) in [6.45, 7) is 2.87. The van der Waals surface area contributed by atoms with E-state index < -0.39 is 6.10 Å². The monoisotopic (exact) mass is 253 g/mol. The lowest BCUT2D eigenvalue weighted by Gasteiger charge is -2.07. The molecular weight excluding hydrogens is 238 g/mol. The lowest BCUT2D eigenvalue weighted by molar-refractivity contribution is 0.0550. The molecule has 0 aliphatic rings. The third-order valence-corrected chi connectivity index (χ3v) is 3.16. The van der Waals surface area contributed by atoms with Gasteiger partial charge in [0.2, 0.25) is 0 Å². The van der Waals surface area contributed by atoms with Gasteiger partial charge in [0.15, 0.2) is 5.58 Å². The van der Waals surface area contributed by atoms with Crippen molar-refractivity contribution in [3.8, 4) is 0 Å². The fourth-order valence-electron chi connectivity index (χ4n) is 1.38. The number of hydrogen-bond donors (Lipinski definition) is 1. The van der Waals surface area contributed by atoms with Gasteiger partial charge in [0.1, 0.15) is 5.52 Å². The molecule has 17 heavy (non-hydrogen) atoms. The van der Waals surface area contributed by atoms with Crippen molar-refractivity contribution >= 4 is 22.9 Å². The minimum atomic E-state index is -0.491. The first-order chi connectivity index (χ1) is 8.29. The highest BCUT2D eigenvalue weighted by Gasteiger charge is 2.09. The Kier molecular flexibility index (Phi) is 4.42. The molecule has 0 saturated heterocycles. The number of oxazole rings is 1. The zero-order valence-electron chi connectivity index (χ0n) is 9.63. The Bertz CT molecular complexity index is 438. The molecule has 1 heterocycles. The van der Waals surface area contributed by atoms with E-state index in [9.17, 15) is 5.11 Å². The zero-order valence-corrected chi connectivity index (χ0v) is 10.4. The van der Waals surface area contributed by atoms with Gasteiger partial charge in [-0.05, 0) is 19.1 Å². The molecule has 0 radical (unpaired) electrons. The molecule has 0 spiro atoms. The summed E-state index contributed by atoms with van der Waals surface area (Å²) in [4.78, 5) is 4.31. The van der Waals surface area contributed by atoms with Crippen LogP contribution >= 0.6 is 11.8 Å². The molecular formula is C12H15NO3S. The Morgan fingerprint density at radius 2 is 2.29 bits per heavy atom. The van der Waals surface area contributed by atoms with Crippen LogP contribution in [0.15, 0.2) is 33.9 Å². The Morgan fingerprint density at radius 1 is 1.47 bits per heavy atom. The average molecular weight is 253 g/mol. The fourth-order valence-corrected chi connectivity index (χ4v) is 2.13. The number of aliphatic hydroxyl groups excluding tert-OH is 1. The number of rotatable bonds is 6. The first-order valence-electron chi connectivity index (χ1n) is 5.53. The van der Waals surface area contributed by atoms with Gasteiger partial charge in [-0.3, -0.25) is 0 Å². The third-order valence-electron chi connectivity index (χ3n) is 2.19. The molecule has 1 N–H and O–H groups in total. The van der Waals surface area contributed by atoms with Crippen molar-refractivity contribution < 1.29 is 14.3 Å². The van der Waals surface area contributed by atoms with Crippen LogP contribution in [0.2, 0.25) is 0 Å². The second-order valence-electron chi connectivity index (χ2n) is 3.57. The van der Waals surface area contributed by atoms with E-state index in [-0.39, 0.29) is 0 Å². The van der Waals surface area contributed by atoms with Crippen molar-refractivity contribution in [3.63, 3.8) is 0 Å². The molecule has 4 nitrogen and oxygen atoms in total. The Morgan fingerprint density at radius 3 is 3.06 bits per heavy atom. The molecule has 2 aromatic rings. The normalized spacial score (nSPS) is 13.1. The summed E-state index contributed by atoms with van der Waals surface area (Å²) in [7, 11) is 0. The van der Waals surface area contributed by atoms with Crippen LogP contribution in [0.3, 0.4) is 0 Å². The van der Waals surface area contributed by atoms with Crippen LogP contribution in [-0.2, 0) is 4.74 Å². The molecule has 92 valence electrons. The molecule has 0 aliphatic heterocycles. The third kappa shape index (κ3) is 3.46. The maximum absolute atomic E-state index is 9.60. The van der Waals surface area contributed by atoms with Gasteiger partial charge in [0, 0.05) is 12.4 Å². The topological polar surface area (TPSA) is 55.5 Å². The van der Waals surface area contributed by atoms with Crippen molar-refractivity contribution in [3.05, 3.63) is 24.3 Å². The summed E-state index contributed by atoms with van der Waals surface area (Å²) >= 11 is 1.40. The molecule has 0 bridgehead atoms. The van der Waals surface area contributed by atoms with Crippen LogP contribution in [0.1, 0.15) is 6.92 Å². The maximum Gasteiger partial charge on any atom is 0.256 e. The predicted octanol–water partition coefficient (Wildman–Crippen LogP) is 2.32. The molecule has 0 fully saturated rings. The van der Waals surface area contributed by atoms with Crippen molar-refractivity contribution in [1.82, 2.24) is 4.98 Å². The van der Waals surface area contributed by atoms with Crippen molar-refractivity contribution in [2.24, 2.45) is 0 Å². The first-order valence-corrected chi connectivity index (χ1v) is 6.52. The van der Waals surface area contributed by atoms with Crippen molar-refractivity contribution in [2.75, 3.05) is 19.0 Å². The molecule has 0 aliphatic carbocycles. The van der Waals surface area contributed by atoms with Crippen LogP contribution in [-0.4, -0.2) is 35.2 Å². The van der Waals surface area contributed by atoms with Crippen molar-refractivity contribution in [1.29, 1.82) is 0 Å². The quantitative estimate of drug-likeness (QED) is 0.801. The predicted molar refractivity (Wildman–Crippen MR) is 67.2 cm³/mol. The van der Waals surface area contributed by atoms with Crippen LogP contribution < -0.4 is 0 Å². The zero-order chi connectivity index (χ0) is 12.1. The minimum Gasteiger partial charge on any atom is -0.431 e. The van der Waals surface area contributed by atoms with E-state index in [2.05, 4.69) is 4.98 Å². The van der Waals surface area contributed by atoms with E-state index in [0.29, 0.717) is 24.2 Å². The summed E-state index contributed by atoms with van der Waals surface area (Å²) in [6.07, 6.45) is -0.491. The van der Waals surface area contributed by atoms with Crippen molar-refractivity contribution in [2.45, 2.75) is 18.3 Å². The number of aliphatic hydroxyl groups is 1. The lowest BCUT2D eigenvalue weighted by Crippen LogP contribution is -2.17. The smallest absolute Gasteiger partial charge is 0.256 e. The van der Waals surface area contributed by atoms with Gasteiger partial charge >= 0.3 is 0 Å². The van der Waals surface area contributed by atoms with Gasteiger partial charge in [0.25, 0.3) is 5.22 Å². The maximum atomic E-state index is 9.60. The SMILES string of the molecule is CCOC[C@H](O)CSc1nc2ccccc2o1. The van der Waals surface area contributed by atoms with E-state index in [1.807, 2.05) is 31.2 Å². The Balaban J connectivity index is 1.90. The molecule has 0 amide bonds. The van der Waals surface area contributed by atoms with E-state index in [1.54, 1.807) is 0 Å². The van der Waals surface area contributed by atoms with E-state index in [4.69, 9.17) is 9.15 Å². The summed E-state index contributed by atoms with van der Waals surface area (Å²) in [5, 5.41) is 10.2. The molecule has 5 heteroatoms. The second-order valence-corrected chi connectivity index (χ2v) is 4.54.